The highest BCUT2D eigenvalue weighted by Crippen LogP contribution is 2.29. The van der Waals surface area contributed by atoms with Gasteiger partial charge < -0.3 is 9.84 Å². The molecular formula is C12H12F3NO2. The molecule has 0 aromatic heterocycles. The summed E-state index contributed by atoms with van der Waals surface area (Å²) in [6, 6.07) is 7.89. The summed E-state index contributed by atoms with van der Waals surface area (Å²) < 4.78 is 41.5. The van der Waals surface area contributed by atoms with E-state index < -0.39 is 24.6 Å². The van der Waals surface area contributed by atoms with E-state index in [9.17, 15) is 13.2 Å². The Morgan fingerprint density at radius 2 is 1.89 bits per heavy atom. The van der Waals surface area contributed by atoms with E-state index in [1.807, 2.05) is 0 Å². The van der Waals surface area contributed by atoms with Crippen LogP contribution < -0.4 is 4.74 Å². The van der Waals surface area contributed by atoms with Gasteiger partial charge in [0.1, 0.15) is 5.75 Å². The number of halogens is 3. The van der Waals surface area contributed by atoms with Crippen LogP contribution in [-0.2, 0) is 0 Å². The molecule has 0 amide bonds. The maximum Gasteiger partial charge on any atom is 0.414 e. The van der Waals surface area contributed by atoms with Gasteiger partial charge in [-0.3, -0.25) is 0 Å². The third-order valence-electron chi connectivity index (χ3n) is 2.51. The largest absolute Gasteiger partial charge is 0.497 e. The van der Waals surface area contributed by atoms with Gasteiger partial charge in [0, 0.05) is 6.42 Å². The van der Waals surface area contributed by atoms with Gasteiger partial charge >= 0.3 is 6.18 Å². The Kier molecular flexibility index (Phi) is 4.56. The van der Waals surface area contributed by atoms with Gasteiger partial charge in [0.25, 0.3) is 0 Å². The van der Waals surface area contributed by atoms with Crippen LogP contribution in [0.4, 0.5) is 13.2 Å². The van der Waals surface area contributed by atoms with Crippen LogP contribution >= 0.6 is 0 Å². The van der Waals surface area contributed by atoms with Crippen LogP contribution in [0.1, 0.15) is 17.9 Å². The molecule has 18 heavy (non-hydrogen) atoms. The minimum atomic E-state index is -4.71. The molecule has 6 heteroatoms. The Hall–Kier alpha value is -1.74. The van der Waals surface area contributed by atoms with E-state index in [4.69, 9.17) is 15.1 Å². The summed E-state index contributed by atoms with van der Waals surface area (Å²) >= 11 is 0. The molecule has 1 N–H and O–H groups in total. The minimum Gasteiger partial charge on any atom is -0.497 e. The molecule has 1 unspecified atom stereocenters. The van der Waals surface area contributed by atoms with Crippen LogP contribution in [0.2, 0.25) is 0 Å². The maximum absolute atomic E-state index is 12.2. The number of nitriles is 1. The fraction of sp³-hybridized carbons (Fsp3) is 0.417. The summed E-state index contributed by atoms with van der Waals surface area (Å²) in [5.74, 6) is -0.459. The van der Waals surface area contributed by atoms with Gasteiger partial charge in [-0.15, -0.1) is 0 Å². The van der Waals surface area contributed by atoms with Crippen LogP contribution in [0.5, 0.6) is 5.75 Å². The lowest BCUT2D eigenvalue weighted by Gasteiger charge is -2.17. The molecule has 3 nitrogen and oxygen atoms in total. The lowest BCUT2D eigenvalue weighted by Crippen LogP contribution is -2.30. The Morgan fingerprint density at radius 3 is 2.28 bits per heavy atom. The highest BCUT2D eigenvalue weighted by atomic mass is 19.4. The predicted molar refractivity (Wildman–Crippen MR) is 58.0 cm³/mol. The lowest BCUT2D eigenvalue weighted by molar-refractivity contribution is -0.205. The quantitative estimate of drug-likeness (QED) is 0.904. The van der Waals surface area contributed by atoms with Crippen LogP contribution in [0.15, 0.2) is 24.3 Å². The van der Waals surface area contributed by atoms with E-state index in [1.165, 1.54) is 19.2 Å². The van der Waals surface area contributed by atoms with Crippen molar-refractivity contribution in [2.24, 2.45) is 0 Å². The number of nitrogens with zero attached hydrogens (tertiary/aromatic N) is 1. The summed E-state index contributed by atoms with van der Waals surface area (Å²) in [6.45, 7) is 0. The highest BCUT2D eigenvalue weighted by Gasteiger charge is 2.39. The van der Waals surface area contributed by atoms with Crippen molar-refractivity contribution >= 4 is 0 Å². The van der Waals surface area contributed by atoms with Gasteiger partial charge in [0.2, 0.25) is 0 Å². The number of aliphatic hydroxyl groups excluding tert-OH is 1. The molecule has 1 aromatic rings. The van der Waals surface area contributed by atoms with Gasteiger partial charge in [-0.25, -0.2) is 0 Å². The normalized spacial score (nSPS) is 14.7. The van der Waals surface area contributed by atoms with Crippen LogP contribution in [-0.4, -0.2) is 24.5 Å². The van der Waals surface area contributed by atoms with Crippen molar-refractivity contribution in [1.82, 2.24) is 0 Å². The first-order valence-electron chi connectivity index (χ1n) is 5.17. The Labute approximate surface area is 102 Å². The molecule has 0 saturated heterocycles. The Morgan fingerprint density at radius 1 is 1.33 bits per heavy atom. The van der Waals surface area contributed by atoms with Crippen molar-refractivity contribution in [2.75, 3.05) is 7.11 Å². The van der Waals surface area contributed by atoms with E-state index in [-0.39, 0.29) is 0 Å². The Bertz CT molecular complexity index is 422. The summed E-state index contributed by atoms with van der Waals surface area (Å²) in [6.07, 6.45) is -7.88. The molecular weight excluding hydrogens is 247 g/mol. The van der Waals surface area contributed by atoms with Crippen molar-refractivity contribution in [3.05, 3.63) is 29.8 Å². The summed E-state index contributed by atoms with van der Waals surface area (Å²) in [5.41, 5.74) is 0.418. The molecule has 98 valence electrons. The molecule has 1 aromatic carbocycles. The fourth-order valence-electron chi connectivity index (χ4n) is 1.46. The van der Waals surface area contributed by atoms with E-state index in [2.05, 4.69) is 0 Å². The van der Waals surface area contributed by atoms with Crippen molar-refractivity contribution in [3.8, 4) is 11.8 Å². The topological polar surface area (TPSA) is 53.2 Å². The van der Waals surface area contributed by atoms with E-state index in [1.54, 1.807) is 18.2 Å². The molecule has 0 radical (unpaired) electrons. The average molecular weight is 259 g/mol. The van der Waals surface area contributed by atoms with E-state index in [0.29, 0.717) is 11.3 Å². The monoisotopic (exact) mass is 259 g/mol. The smallest absolute Gasteiger partial charge is 0.414 e. The van der Waals surface area contributed by atoms with Crippen molar-refractivity contribution in [3.63, 3.8) is 0 Å². The lowest BCUT2D eigenvalue weighted by atomic mass is 9.94. The first-order chi connectivity index (χ1) is 8.38. The third-order valence-corrected chi connectivity index (χ3v) is 2.51. The third kappa shape index (κ3) is 3.64. The van der Waals surface area contributed by atoms with Gasteiger partial charge in [-0.2, -0.15) is 18.4 Å². The van der Waals surface area contributed by atoms with E-state index in [0.717, 1.165) is 0 Å². The first-order valence-corrected chi connectivity index (χ1v) is 5.17. The van der Waals surface area contributed by atoms with Gasteiger partial charge in [-0.05, 0) is 17.7 Å². The summed E-state index contributed by atoms with van der Waals surface area (Å²) in [7, 11) is 1.46. The zero-order chi connectivity index (χ0) is 13.8. The Balaban J connectivity index is 2.81. The van der Waals surface area contributed by atoms with Gasteiger partial charge in [0.15, 0.2) is 6.10 Å². The second-order valence-corrected chi connectivity index (χ2v) is 3.75. The predicted octanol–water partition coefficient (Wildman–Crippen LogP) is 2.62. The number of alkyl halides is 3. The van der Waals surface area contributed by atoms with Crippen LogP contribution in [0.25, 0.3) is 0 Å². The second kappa shape index (κ2) is 5.74. The van der Waals surface area contributed by atoms with Crippen molar-refractivity contribution < 1.29 is 23.0 Å². The molecule has 0 aliphatic carbocycles. The number of ether oxygens (including phenoxy) is 1. The SMILES string of the molecule is COc1ccc(C(C#N)C[C@H](O)C(F)(F)F)cc1. The number of benzene rings is 1. The molecule has 2 atom stereocenters. The molecule has 0 aliphatic heterocycles. The zero-order valence-corrected chi connectivity index (χ0v) is 9.61. The number of methoxy groups -OCH3 is 1. The van der Waals surface area contributed by atoms with Crippen LogP contribution in [0, 0.1) is 11.3 Å². The number of rotatable bonds is 4. The molecule has 0 fully saturated rings. The fourth-order valence-corrected chi connectivity index (χ4v) is 1.46. The van der Waals surface area contributed by atoms with Gasteiger partial charge in [0.05, 0.1) is 19.1 Å². The minimum absolute atomic E-state index is 0.418. The maximum atomic E-state index is 12.2. The van der Waals surface area contributed by atoms with Crippen molar-refractivity contribution in [2.45, 2.75) is 24.6 Å². The number of hydrogen-bond acceptors (Lipinski definition) is 3. The summed E-state index contributed by atoms with van der Waals surface area (Å²) in [5, 5.41) is 17.8. The standard InChI is InChI=1S/C12H12F3NO2/c1-18-10-4-2-8(3-5-10)9(7-16)6-11(17)12(13,14)15/h2-5,9,11,17H,6H2,1H3/t9?,11-/m0/s1. The molecule has 1 rings (SSSR count). The average Bonchev–Trinajstić information content (AvgIpc) is 2.34. The molecule has 0 spiro atoms. The number of hydrogen-bond donors (Lipinski definition) is 1. The molecule has 0 heterocycles. The van der Waals surface area contributed by atoms with Crippen LogP contribution in [0.3, 0.4) is 0 Å². The molecule has 0 bridgehead atoms. The second-order valence-electron chi connectivity index (χ2n) is 3.75. The molecule has 0 aliphatic rings. The van der Waals surface area contributed by atoms with Crippen molar-refractivity contribution in [1.29, 1.82) is 5.26 Å². The van der Waals surface area contributed by atoms with Gasteiger partial charge in [-0.1, -0.05) is 12.1 Å². The number of aliphatic hydroxyl groups is 1. The zero-order valence-electron chi connectivity index (χ0n) is 9.61. The van der Waals surface area contributed by atoms with E-state index >= 15 is 0 Å². The highest BCUT2D eigenvalue weighted by molar-refractivity contribution is 5.32. The molecule has 0 saturated carbocycles. The summed E-state index contributed by atoms with van der Waals surface area (Å²) in [4.78, 5) is 0. The first kappa shape index (κ1) is 14.3.